The number of benzene rings is 1. The second kappa shape index (κ2) is 10.8. The van der Waals surface area contributed by atoms with Crippen LogP contribution < -0.4 is 10.2 Å². The van der Waals surface area contributed by atoms with E-state index in [0.29, 0.717) is 38.6 Å². The molecule has 3 aromatic rings. The minimum absolute atomic E-state index is 0.0316. The molecule has 1 fully saturated rings. The summed E-state index contributed by atoms with van der Waals surface area (Å²) in [5.74, 6) is 5.26. The summed E-state index contributed by atoms with van der Waals surface area (Å²) in [4.78, 5) is 37.3. The molecular formula is C28H32N6O3. The number of nitrogens with one attached hydrogen (secondary N) is 1. The first-order valence-corrected chi connectivity index (χ1v) is 12.3. The second-order valence-electron chi connectivity index (χ2n) is 10.0. The quantitative estimate of drug-likeness (QED) is 0.536. The zero-order valence-corrected chi connectivity index (χ0v) is 22.0. The Morgan fingerprint density at radius 1 is 1.14 bits per heavy atom. The molecule has 0 spiro atoms. The molecule has 192 valence electrons. The van der Waals surface area contributed by atoms with E-state index in [-0.39, 0.29) is 23.1 Å². The first-order valence-electron chi connectivity index (χ1n) is 12.3. The Morgan fingerprint density at radius 2 is 1.89 bits per heavy atom. The predicted octanol–water partition coefficient (Wildman–Crippen LogP) is 3.34. The van der Waals surface area contributed by atoms with Crippen LogP contribution in [0.5, 0.6) is 0 Å². The zero-order chi connectivity index (χ0) is 26.6. The molecule has 0 saturated carbocycles. The van der Waals surface area contributed by atoms with E-state index >= 15 is 0 Å². The molecule has 0 radical (unpaired) electrons. The highest BCUT2D eigenvalue weighted by Gasteiger charge is 2.25. The molecule has 0 aliphatic carbocycles. The molecule has 0 atom stereocenters. The summed E-state index contributed by atoms with van der Waals surface area (Å²) in [6, 6.07) is 8.19. The molecule has 1 aliphatic heterocycles. The molecule has 2 aromatic heterocycles. The SMILES string of the molecule is CC#CC(=O)N1CCN(c2cnccc2-c2ccc(CNC(=O)c3noc(C(C)(C)C)n3)c(C)c2)CC1. The van der Waals surface area contributed by atoms with E-state index < -0.39 is 0 Å². The average molecular weight is 501 g/mol. The highest BCUT2D eigenvalue weighted by Crippen LogP contribution is 2.32. The van der Waals surface area contributed by atoms with Gasteiger partial charge >= 0.3 is 0 Å². The zero-order valence-electron chi connectivity index (χ0n) is 22.0. The molecule has 0 bridgehead atoms. The first kappa shape index (κ1) is 25.9. The van der Waals surface area contributed by atoms with Crippen molar-refractivity contribution < 1.29 is 14.1 Å². The van der Waals surface area contributed by atoms with Crippen molar-refractivity contribution in [2.24, 2.45) is 0 Å². The normalized spacial score (nSPS) is 13.6. The van der Waals surface area contributed by atoms with Crippen molar-refractivity contribution in [2.75, 3.05) is 31.1 Å². The maximum Gasteiger partial charge on any atom is 0.298 e. The molecule has 4 rings (SSSR count). The number of amides is 2. The highest BCUT2D eigenvalue weighted by molar-refractivity contribution is 5.93. The Kier molecular flexibility index (Phi) is 7.58. The van der Waals surface area contributed by atoms with E-state index in [2.05, 4.69) is 49.3 Å². The molecule has 3 heterocycles. The fourth-order valence-corrected chi connectivity index (χ4v) is 4.16. The van der Waals surface area contributed by atoms with Crippen molar-refractivity contribution in [1.82, 2.24) is 25.3 Å². The third-order valence-electron chi connectivity index (χ3n) is 6.30. The smallest absolute Gasteiger partial charge is 0.298 e. The molecule has 1 aliphatic rings. The van der Waals surface area contributed by atoms with Crippen LogP contribution in [0.2, 0.25) is 0 Å². The van der Waals surface area contributed by atoms with Crippen LogP contribution >= 0.6 is 0 Å². The van der Waals surface area contributed by atoms with Gasteiger partial charge in [0.05, 0.1) is 11.9 Å². The van der Waals surface area contributed by atoms with Crippen LogP contribution in [0.3, 0.4) is 0 Å². The lowest BCUT2D eigenvalue weighted by atomic mass is 9.97. The van der Waals surface area contributed by atoms with Crippen LogP contribution in [0, 0.1) is 18.8 Å². The Bertz CT molecular complexity index is 1350. The van der Waals surface area contributed by atoms with Crippen molar-refractivity contribution in [1.29, 1.82) is 0 Å². The van der Waals surface area contributed by atoms with E-state index in [1.807, 2.05) is 46.0 Å². The average Bonchev–Trinajstić information content (AvgIpc) is 3.39. The van der Waals surface area contributed by atoms with Crippen LogP contribution in [0.4, 0.5) is 5.69 Å². The molecular weight excluding hydrogens is 468 g/mol. The lowest BCUT2D eigenvalue weighted by Crippen LogP contribution is -2.48. The maximum atomic E-state index is 12.5. The standard InChI is InChI=1S/C28H32N6O3/c1-6-7-24(35)34-14-12-33(13-15-34)23-18-29-11-10-22(23)20-8-9-21(19(2)16-20)17-30-26(36)25-31-27(37-32-25)28(3,4)5/h8-11,16,18H,12-15,17H2,1-5H3,(H,30,36). The van der Waals surface area contributed by atoms with Crippen molar-refractivity contribution in [2.45, 2.75) is 46.6 Å². The van der Waals surface area contributed by atoms with Gasteiger partial charge in [-0.05, 0) is 42.5 Å². The van der Waals surface area contributed by atoms with Gasteiger partial charge in [0, 0.05) is 49.9 Å². The van der Waals surface area contributed by atoms with Crippen LogP contribution in [0.15, 0.2) is 41.2 Å². The Morgan fingerprint density at radius 3 is 2.54 bits per heavy atom. The second-order valence-corrected chi connectivity index (χ2v) is 10.0. The number of rotatable bonds is 5. The lowest BCUT2D eigenvalue weighted by Gasteiger charge is -2.36. The molecule has 1 N–H and O–H groups in total. The Labute approximate surface area is 217 Å². The summed E-state index contributed by atoms with van der Waals surface area (Å²) in [5, 5.41) is 6.69. The summed E-state index contributed by atoms with van der Waals surface area (Å²) in [7, 11) is 0. The number of pyridine rings is 1. The van der Waals surface area contributed by atoms with Gasteiger partial charge in [0.25, 0.3) is 17.6 Å². The van der Waals surface area contributed by atoms with Gasteiger partial charge in [0.1, 0.15) is 0 Å². The third kappa shape index (κ3) is 5.97. The topological polar surface area (TPSA) is 104 Å². The molecule has 9 heteroatoms. The number of hydrogen-bond donors (Lipinski definition) is 1. The lowest BCUT2D eigenvalue weighted by molar-refractivity contribution is -0.125. The summed E-state index contributed by atoms with van der Waals surface area (Å²) in [5.41, 5.74) is 4.90. The Balaban J connectivity index is 1.44. The van der Waals surface area contributed by atoms with Crippen molar-refractivity contribution in [3.05, 3.63) is 59.5 Å². The molecule has 0 unspecified atom stereocenters. The number of piperazine rings is 1. The molecule has 37 heavy (non-hydrogen) atoms. The summed E-state index contributed by atoms with van der Waals surface area (Å²) in [6.45, 7) is 12.6. The van der Waals surface area contributed by atoms with Gasteiger partial charge in [-0.1, -0.05) is 50.0 Å². The highest BCUT2D eigenvalue weighted by atomic mass is 16.5. The van der Waals surface area contributed by atoms with Gasteiger partial charge in [0.2, 0.25) is 5.89 Å². The predicted molar refractivity (Wildman–Crippen MR) is 141 cm³/mol. The molecule has 1 aromatic carbocycles. The maximum absolute atomic E-state index is 12.5. The van der Waals surface area contributed by atoms with E-state index in [1.54, 1.807) is 18.0 Å². The van der Waals surface area contributed by atoms with Gasteiger partial charge in [-0.25, -0.2) is 0 Å². The van der Waals surface area contributed by atoms with E-state index in [1.165, 1.54) is 0 Å². The first-order chi connectivity index (χ1) is 17.7. The van der Waals surface area contributed by atoms with Crippen molar-refractivity contribution >= 4 is 17.5 Å². The van der Waals surface area contributed by atoms with Crippen molar-refractivity contribution in [3.8, 4) is 23.0 Å². The van der Waals surface area contributed by atoms with E-state index in [9.17, 15) is 9.59 Å². The minimum atomic E-state index is -0.373. The number of anilines is 1. The van der Waals surface area contributed by atoms with Crippen LogP contribution in [0.1, 0.15) is 55.3 Å². The number of aryl methyl sites for hydroxylation is 1. The monoisotopic (exact) mass is 500 g/mol. The largest absolute Gasteiger partial charge is 0.366 e. The van der Waals surface area contributed by atoms with Crippen molar-refractivity contribution in [3.63, 3.8) is 0 Å². The van der Waals surface area contributed by atoms with Gasteiger partial charge in [0.15, 0.2) is 0 Å². The summed E-state index contributed by atoms with van der Waals surface area (Å²) >= 11 is 0. The number of hydrogen-bond acceptors (Lipinski definition) is 7. The van der Waals surface area contributed by atoms with Crippen LogP contribution in [-0.2, 0) is 16.8 Å². The molecule has 1 saturated heterocycles. The summed E-state index contributed by atoms with van der Waals surface area (Å²) < 4.78 is 5.22. The van der Waals surface area contributed by atoms with Crippen LogP contribution in [0.25, 0.3) is 11.1 Å². The molecule has 9 nitrogen and oxygen atoms in total. The summed E-state index contributed by atoms with van der Waals surface area (Å²) in [6.07, 6.45) is 3.66. The van der Waals surface area contributed by atoms with Gasteiger partial charge in [-0.15, -0.1) is 0 Å². The van der Waals surface area contributed by atoms with Gasteiger partial charge in [-0.2, -0.15) is 4.98 Å². The number of aromatic nitrogens is 3. The fraction of sp³-hybridized carbons (Fsp3) is 0.393. The van der Waals surface area contributed by atoms with Gasteiger partial charge < -0.3 is 19.6 Å². The number of carbonyl (C=O) groups excluding carboxylic acids is 2. The molecule has 2 amide bonds. The Hall–Kier alpha value is -4.19. The number of carbonyl (C=O) groups is 2. The van der Waals surface area contributed by atoms with Crippen LogP contribution in [-0.4, -0.2) is 58.0 Å². The van der Waals surface area contributed by atoms with E-state index in [4.69, 9.17) is 4.52 Å². The van der Waals surface area contributed by atoms with Gasteiger partial charge in [-0.3, -0.25) is 14.6 Å². The van der Waals surface area contributed by atoms with E-state index in [0.717, 1.165) is 27.9 Å². The number of nitrogens with zero attached hydrogens (tertiary/aromatic N) is 5. The fourth-order valence-electron chi connectivity index (χ4n) is 4.16. The minimum Gasteiger partial charge on any atom is -0.366 e. The third-order valence-corrected chi connectivity index (χ3v) is 6.30.